The number of carbonyl (C=O) groups excluding carboxylic acids is 2. The molecule has 2 atom stereocenters. The molecule has 5 nitrogen and oxygen atoms in total. The van der Waals surface area contributed by atoms with Crippen LogP contribution in [-0.2, 0) is 4.74 Å². The van der Waals surface area contributed by atoms with Gasteiger partial charge in [-0.15, -0.1) is 0 Å². The minimum atomic E-state index is -0.234. The van der Waals surface area contributed by atoms with Gasteiger partial charge in [0.1, 0.15) is 12.4 Å². The molecular formula is C33H35NO4. The highest BCUT2D eigenvalue weighted by atomic mass is 16.6. The second kappa shape index (κ2) is 10.6. The Morgan fingerprint density at radius 2 is 1.53 bits per heavy atom. The van der Waals surface area contributed by atoms with Gasteiger partial charge in [-0.3, -0.25) is 4.79 Å². The van der Waals surface area contributed by atoms with Crippen LogP contribution in [0.25, 0.3) is 11.1 Å². The van der Waals surface area contributed by atoms with E-state index in [4.69, 9.17) is 9.47 Å². The molecule has 6 rings (SSSR count). The van der Waals surface area contributed by atoms with Crippen molar-refractivity contribution >= 4 is 11.9 Å². The summed E-state index contributed by atoms with van der Waals surface area (Å²) in [6, 6.07) is 24.4. The summed E-state index contributed by atoms with van der Waals surface area (Å²) in [4.78, 5) is 28.9. The number of amides is 1. The molecule has 2 saturated heterocycles. The maximum absolute atomic E-state index is 13.5. The van der Waals surface area contributed by atoms with Crippen LogP contribution in [0.1, 0.15) is 72.9 Å². The first-order valence-electron chi connectivity index (χ1n) is 14.0. The molecule has 0 N–H and O–H groups in total. The number of Topliss-reactive ketones (excluding diaryl/α,β-unsaturated/α-hetero) is 1. The molecule has 3 aromatic carbocycles. The Balaban J connectivity index is 1.14. The lowest BCUT2D eigenvalue weighted by Crippen LogP contribution is -2.55. The number of rotatable bonds is 7. The Labute approximate surface area is 224 Å². The summed E-state index contributed by atoms with van der Waals surface area (Å²) in [5, 5.41) is 0. The van der Waals surface area contributed by atoms with Crippen molar-refractivity contribution in [2.75, 3.05) is 13.2 Å². The Bertz CT molecular complexity index is 1270. The van der Waals surface area contributed by atoms with Crippen molar-refractivity contribution in [1.82, 2.24) is 4.90 Å². The van der Waals surface area contributed by atoms with E-state index >= 15 is 0 Å². The number of fused-ring (bicyclic) bond motifs is 5. The Kier molecular flexibility index (Phi) is 6.92. The number of ether oxygens (including phenoxy) is 2. The van der Waals surface area contributed by atoms with Gasteiger partial charge in [0.25, 0.3) is 0 Å². The van der Waals surface area contributed by atoms with Crippen LogP contribution in [0, 0.1) is 5.92 Å². The standard InChI is InChI=1S/C33H35NO4/c1-2-17-37-26-12-7-9-22(20-26)32(35)23-18-24-10-8-11-25(19-23)34(24)33(36)38-21-31-29-15-5-3-13-27(29)28-14-4-6-16-30(28)31/h3-7,9,12-16,20,23-25,31H,2,8,10-11,17-19,21H2,1H3. The van der Waals surface area contributed by atoms with E-state index in [1.54, 1.807) is 0 Å². The lowest BCUT2D eigenvalue weighted by atomic mass is 9.76. The minimum absolute atomic E-state index is 0.0478. The van der Waals surface area contributed by atoms with Crippen LogP contribution in [0.3, 0.4) is 0 Å². The van der Waals surface area contributed by atoms with Crippen molar-refractivity contribution < 1.29 is 19.1 Å². The van der Waals surface area contributed by atoms with Gasteiger partial charge < -0.3 is 14.4 Å². The van der Waals surface area contributed by atoms with Gasteiger partial charge in [0, 0.05) is 29.5 Å². The summed E-state index contributed by atoms with van der Waals surface area (Å²) in [5.41, 5.74) is 5.59. The fourth-order valence-corrected chi connectivity index (χ4v) is 6.76. The average Bonchev–Trinajstić information content (AvgIpc) is 3.27. The molecule has 38 heavy (non-hydrogen) atoms. The fourth-order valence-electron chi connectivity index (χ4n) is 6.76. The smallest absolute Gasteiger partial charge is 0.410 e. The second-order valence-corrected chi connectivity index (χ2v) is 10.9. The Morgan fingerprint density at radius 1 is 0.868 bits per heavy atom. The summed E-state index contributed by atoms with van der Waals surface area (Å²) in [6.07, 6.45) is 5.01. The summed E-state index contributed by atoms with van der Waals surface area (Å²) in [6.45, 7) is 3.04. The molecule has 3 aromatic rings. The van der Waals surface area contributed by atoms with E-state index in [-0.39, 0.29) is 35.8 Å². The van der Waals surface area contributed by atoms with Gasteiger partial charge in [0.2, 0.25) is 0 Å². The van der Waals surface area contributed by atoms with Crippen molar-refractivity contribution in [2.45, 2.75) is 63.5 Å². The lowest BCUT2D eigenvalue weighted by molar-refractivity contribution is 0.00650. The number of ketones is 1. The van der Waals surface area contributed by atoms with Crippen LogP contribution in [0.2, 0.25) is 0 Å². The fraction of sp³-hybridized carbons (Fsp3) is 0.394. The van der Waals surface area contributed by atoms with E-state index in [0.717, 1.165) is 31.4 Å². The number of nitrogens with zero attached hydrogens (tertiary/aromatic N) is 1. The van der Waals surface area contributed by atoms with Crippen LogP contribution in [0.4, 0.5) is 4.79 Å². The molecule has 5 heteroatoms. The third-order valence-corrected chi connectivity index (χ3v) is 8.48. The SMILES string of the molecule is CCCOc1cccc(C(=O)C2CC3CCCC(C2)N3C(=O)OCC2c3ccccc3-c3ccccc32)c1. The van der Waals surface area contributed by atoms with Gasteiger partial charge in [0.15, 0.2) is 5.78 Å². The van der Waals surface area contributed by atoms with Gasteiger partial charge in [-0.25, -0.2) is 4.79 Å². The Hall–Kier alpha value is -3.60. The number of carbonyl (C=O) groups is 2. The number of benzene rings is 3. The topological polar surface area (TPSA) is 55.8 Å². The van der Waals surface area contributed by atoms with E-state index < -0.39 is 0 Å². The first kappa shape index (κ1) is 24.7. The minimum Gasteiger partial charge on any atom is -0.494 e. The Morgan fingerprint density at radius 3 is 2.18 bits per heavy atom. The molecular weight excluding hydrogens is 474 g/mol. The van der Waals surface area contributed by atoms with Crippen LogP contribution in [-0.4, -0.2) is 42.1 Å². The van der Waals surface area contributed by atoms with Crippen LogP contribution in [0.15, 0.2) is 72.8 Å². The second-order valence-electron chi connectivity index (χ2n) is 10.9. The summed E-state index contributed by atoms with van der Waals surface area (Å²) >= 11 is 0. The highest BCUT2D eigenvalue weighted by Crippen LogP contribution is 2.45. The molecule has 2 fully saturated rings. The highest BCUT2D eigenvalue weighted by molar-refractivity contribution is 5.98. The highest BCUT2D eigenvalue weighted by Gasteiger charge is 2.44. The summed E-state index contributed by atoms with van der Waals surface area (Å²) in [5.74, 6) is 0.877. The zero-order chi connectivity index (χ0) is 26.1. The van der Waals surface area contributed by atoms with E-state index in [9.17, 15) is 9.59 Å². The molecule has 3 aliphatic rings. The van der Waals surface area contributed by atoms with Crippen LogP contribution >= 0.6 is 0 Å². The number of hydrogen-bond acceptors (Lipinski definition) is 4. The zero-order valence-electron chi connectivity index (χ0n) is 22.0. The van der Waals surface area contributed by atoms with Crippen molar-refractivity contribution in [1.29, 1.82) is 0 Å². The monoisotopic (exact) mass is 509 g/mol. The molecule has 1 aliphatic carbocycles. The first-order valence-corrected chi connectivity index (χ1v) is 14.0. The molecule has 0 saturated carbocycles. The van der Waals surface area contributed by atoms with E-state index in [1.165, 1.54) is 22.3 Å². The molecule has 0 spiro atoms. The average molecular weight is 510 g/mol. The van der Waals surface area contributed by atoms with E-state index in [1.807, 2.05) is 29.2 Å². The first-order chi connectivity index (χ1) is 18.6. The molecule has 196 valence electrons. The lowest BCUT2D eigenvalue weighted by Gasteiger charge is -2.47. The molecule has 0 radical (unpaired) electrons. The third-order valence-electron chi connectivity index (χ3n) is 8.48. The van der Waals surface area contributed by atoms with Gasteiger partial charge in [0.05, 0.1) is 6.61 Å². The molecule has 2 bridgehead atoms. The molecule has 2 unspecified atom stereocenters. The molecule has 0 aromatic heterocycles. The third kappa shape index (κ3) is 4.59. The van der Waals surface area contributed by atoms with Crippen molar-refractivity contribution in [3.05, 3.63) is 89.5 Å². The summed E-state index contributed by atoms with van der Waals surface area (Å²) in [7, 11) is 0. The summed E-state index contributed by atoms with van der Waals surface area (Å²) < 4.78 is 11.8. The van der Waals surface area contributed by atoms with Crippen molar-refractivity contribution in [3.63, 3.8) is 0 Å². The van der Waals surface area contributed by atoms with Gasteiger partial charge in [-0.2, -0.15) is 0 Å². The van der Waals surface area contributed by atoms with Crippen molar-refractivity contribution in [3.8, 4) is 16.9 Å². The van der Waals surface area contributed by atoms with E-state index in [2.05, 4.69) is 55.5 Å². The maximum atomic E-state index is 13.5. The molecule has 2 heterocycles. The number of hydrogen-bond donors (Lipinski definition) is 0. The predicted molar refractivity (Wildman–Crippen MR) is 148 cm³/mol. The zero-order valence-corrected chi connectivity index (χ0v) is 22.0. The number of piperidine rings is 2. The van der Waals surface area contributed by atoms with Crippen molar-refractivity contribution in [2.24, 2.45) is 5.92 Å². The van der Waals surface area contributed by atoms with Crippen LogP contribution < -0.4 is 4.74 Å². The molecule has 1 amide bonds. The van der Waals surface area contributed by atoms with E-state index in [0.29, 0.717) is 31.6 Å². The van der Waals surface area contributed by atoms with Gasteiger partial charge in [-0.1, -0.05) is 67.6 Å². The normalized spacial score (nSPS) is 21.9. The maximum Gasteiger partial charge on any atom is 0.410 e. The van der Waals surface area contributed by atoms with Crippen LogP contribution in [0.5, 0.6) is 5.75 Å². The predicted octanol–water partition coefficient (Wildman–Crippen LogP) is 7.24. The van der Waals surface area contributed by atoms with Gasteiger partial charge in [-0.05, 0) is 72.9 Å². The largest absolute Gasteiger partial charge is 0.494 e. The van der Waals surface area contributed by atoms with Gasteiger partial charge >= 0.3 is 6.09 Å². The molecule has 2 aliphatic heterocycles. The quantitative estimate of drug-likeness (QED) is 0.315.